The Bertz CT molecular complexity index is 1690. The molecule has 0 bridgehead atoms. The van der Waals surface area contributed by atoms with Gasteiger partial charge in [0.1, 0.15) is 6.61 Å². The summed E-state index contributed by atoms with van der Waals surface area (Å²) < 4.78 is 47.0. The molecule has 0 saturated carbocycles. The maximum absolute atomic E-state index is 13.6. The first-order valence-corrected chi connectivity index (χ1v) is 14.5. The predicted octanol–water partition coefficient (Wildman–Crippen LogP) is 4.12. The highest BCUT2D eigenvalue weighted by molar-refractivity contribution is 7.92. The fraction of sp³-hybridized carbons (Fsp3) is 0.241. The van der Waals surface area contributed by atoms with E-state index in [1.54, 1.807) is 54.1 Å². The van der Waals surface area contributed by atoms with E-state index < -0.39 is 10.0 Å². The average molecular weight is 609 g/mol. The third-order valence-electron chi connectivity index (χ3n) is 6.00. The van der Waals surface area contributed by atoms with Gasteiger partial charge >= 0.3 is 0 Å². The molecule has 0 unspecified atom stereocenters. The number of hydrogen-bond acceptors (Lipinski definition) is 12. The van der Waals surface area contributed by atoms with Crippen LogP contribution < -0.4 is 24.5 Å². The Hall–Kier alpha value is -4.79. The highest BCUT2D eigenvalue weighted by Gasteiger charge is 2.26. The van der Waals surface area contributed by atoms with Crippen LogP contribution in [0.2, 0.25) is 0 Å². The van der Waals surface area contributed by atoms with Gasteiger partial charge in [0, 0.05) is 11.8 Å². The van der Waals surface area contributed by atoms with Gasteiger partial charge in [0.15, 0.2) is 23.1 Å². The predicted molar refractivity (Wildman–Crippen MR) is 159 cm³/mol. The van der Waals surface area contributed by atoms with Crippen LogP contribution in [0.15, 0.2) is 76.9 Å². The van der Waals surface area contributed by atoms with Crippen LogP contribution in [-0.2, 0) is 15.4 Å². The molecule has 0 saturated heterocycles. The van der Waals surface area contributed by atoms with Crippen molar-refractivity contribution in [3.63, 3.8) is 0 Å². The first-order chi connectivity index (χ1) is 20.6. The maximum atomic E-state index is 13.6. The van der Waals surface area contributed by atoms with E-state index in [9.17, 15) is 13.5 Å². The fourth-order valence-corrected chi connectivity index (χ4v) is 4.85. The highest BCUT2D eigenvalue weighted by atomic mass is 32.2. The van der Waals surface area contributed by atoms with Gasteiger partial charge in [-0.2, -0.15) is 15.7 Å². The SMILES string of the molecule is COc1ccccc1Oc1c(NS(=O)(=O)c2ccc(C(C)(C)C)cc2)nc(-c2ccnc(C=NNO)c2)nc1OCCO. The number of ether oxygens (including phenoxy) is 3. The molecule has 43 heavy (non-hydrogen) atoms. The quantitative estimate of drug-likeness (QED) is 0.134. The fourth-order valence-electron chi connectivity index (χ4n) is 3.85. The number of aromatic nitrogens is 3. The molecule has 0 radical (unpaired) electrons. The Morgan fingerprint density at radius 3 is 2.40 bits per heavy atom. The van der Waals surface area contributed by atoms with Gasteiger partial charge in [-0.25, -0.2) is 13.4 Å². The topological polar surface area (TPSA) is 177 Å². The van der Waals surface area contributed by atoms with Crippen molar-refractivity contribution in [1.82, 2.24) is 20.5 Å². The molecule has 14 heteroatoms. The van der Waals surface area contributed by atoms with Crippen LogP contribution in [0.4, 0.5) is 5.82 Å². The summed E-state index contributed by atoms with van der Waals surface area (Å²) in [6.07, 6.45) is 2.72. The molecule has 4 rings (SSSR count). The van der Waals surface area contributed by atoms with E-state index in [0.717, 1.165) is 5.56 Å². The molecule has 2 heterocycles. The lowest BCUT2D eigenvalue weighted by Gasteiger charge is -2.20. The number of benzene rings is 2. The molecule has 4 aromatic rings. The molecule has 0 aliphatic heterocycles. The summed E-state index contributed by atoms with van der Waals surface area (Å²) in [4.78, 5) is 13.1. The standard InChI is InChI=1S/C29H32N6O7S/c1-29(2,3)20-9-11-22(12-10-20)43(38,39)34-27-25(42-24-8-6-5-7-23(24)40-4)28(41-16-15-36)33-26(32-27)19-13-14-30-21(17-19)18-31-35-37/h5-14,17-18,35-37H,15-16H2,1-4H3,(H,32,33,34). The lowest BCUT2D eigenvalue weighted by atomic mass is 9.87. The normalized spacial score (nSPS) is 11.8. The molecule has 0 aliphatic carbocycles. The first-order valence-electron chi connectivity index (χ1n) is 13.0. The minimum atomic E-state index is -4.19. The average Bonchev–Trinajstić information content (AvgIpc) is 3.00. The number of rotatable bonds is 12. The molecule has 2 aromatic heterocycles. The van der Waals surface area contributed by atoms with Crippen molar-refractivity contribution in [3.8, 4) is 34.5 Å². The lowest BCUT2D eigenvalue weighted by molar-refractivity contribution is 0.172. The number of methoxy groups -OCH3 is 1. The van der Waals surface area contributed by atoms with Crippen molar-refractivity contribution in [1.29, 1.82) is 0 Å². The first kappa shape index (κ1) is 31.2. The summed E-state index contributed by atoms with van der Waals surface area (Å²) in [6.45, 7) is 5.57. The van der Waals surface area contributed by atoms with Crippen LogP contribution in [0.25, 0.3) is 11.4 Å². The van der Waals surface area contributed by atoms with Gasteiger partial charge in [0.05, 0.1) is 30.5 Å². The van der Waals surface area contributed by atoms with Crippen LogP contribution in [0.3, 0.4) is 0 Å². The number of nitrogens with zero attached hydrogens (tertiary/aromatic N) is 4. The number of anilines is 1. The Balaban J connectivity index is 1.88. The number of hydrazone groups is 1. The van der Waals surface area contributed by atoms with Crippen LogP contribution >= 0.6 is 0 Å². The summed E-state index contributed by atoms with van der Waals surface area (Å²) in [5.74, 6) is 0.125. The second-order valence-electron chi connectivity index (χ2n) is 10.1. The van der Waals surface area contributed by atoms with Crippen LogP contribution in [0.1, 0.15) is 32.0 Å². The summed E-state index contributed by atoms with van der Waals surface area (Å²) in [5.41, 5.74) is 3.21. The number of aliphatic hydroxyl groups is 1. The zero-order chi connectivity index (χ0) is 31.0. The van der Waals surface area contributed by atoms with Crippen molar-refractivity contribution >= 4 is 22.1 Å². The highest BCUT2D eigenvalue weighted by Crippen LogP contribution is 2.41. The molecule has 2 aromatic carbocycles. The Kier molecular flexibility index (Phi) is 9.75. The molecule has 0 atom stereocenters. The Morgan fingerprint density at radius 2 is 1.74 bits per heavy atom. The van der Waals surface area contributed by atoms with Crippen molar-refractivity contribution in [2.75, 3.05) is 25.0 Å². The molecule has 13 nitrogen and oxygen atoms in total. The van der Waals surface area contributed by atoms with Crippen LogP contribution in [0.5, 0.6) is 23.1 Å². The van der Waals surface area contributed by atoms with E-state index >= 15 is 0 Å². The van der Waals surface area contributed by atoms with Crippen LogP contribution in [-0.4, -0.2) is 60.2 Å². The summed E-state index contributed by atoms with van der Waals surface area (Å²) in [7, 11) is -2.72. The smallest absolute Gasteiger partial charge is 0.263 e. The van der Waals surface area contributed by atoms with E-state index in [2.05, 4.69) is 24.8 Å². The molecule has 0 spiro atoms. The molecule has 226 valence electrons. The summed E-state index contributed by atoms with van der Waals surface area (Å²) >= 11 is 0. The molecule has 0 aliphatic rings. The number of aliphatic hydroxyl groups excluding tert-OH is 1. The summed E-state index contributed by atoms with van der Waals surface area (Å²) in [5, 5.41) is 21.8. The molecular formula is C29H32N6O7S. The number of sulfonamides is 1. The van der Waals surface area contributed by atoms with Crippen molar-refractivity contribution in [2.24, 2.45) is 5.10 Å². The van der Waals surface area contributed by atoms with Gasteiger partial charge in [0.25, 0.3) is 15.9 Å². The zero-order valence-corrected chi connectivity index (χ0v) is 24.8. The minimum Gasteiger partial charge on any atom is -0.493 e. The van der Waals surface area contributed by atoms with Crippen molar-refractivity contribution < 1.29 is 32.9 Å². The van der Waals surface area contributed by atoms with E-state index in [1.165, 1.54) is 31.7 Å². The Labute approximate surface area is 249 Å². The molecule has 0 amide bonds. The van der Waals surface area contributed by atoms with E-state index in [4.69, 9.17) is 19.4 Å². The number of para-hydroxylation sites is 2. The molecule has 0 fully saturated rings. The van der Waals surface area contributed by atoms with E-state index in [0.29, 0.717) is 17.0 Å². The molecule has 4 N–H and O–H groups in total. The second kappa shape index (κ2) is 13.5. The van der Waals surface area contributed by atoms with Crippen molar-refractivity contribution in [2.45, 2.75) is 31.1 Å². The summed E-state index contributed by atoms with van der Waals surface area (Å²) in [6, 6.07) is 16.4. The number of nitrogens with one attached hydrogen (secondary N) is 2. The van der Waals surface area contributed by atoms with Gasteiger partial charge in [-0.1, -0.05) is 45.0 Å². The Morgan fingerprint density at radius 1 is 1.02 bits per heavy atom. The van der Waals surface area contributed by atoms with Crippen molar-refractivity contribution in [3.05, 3.63) is 78.1 Å². The zero-order valence-electron chi connectivity index (χ0n) is 24.0. The monoisotopic (exact) mass is 608 g/mol. The lowest BCUT2D eigenvalue weighted by Crippen LogP contribution is -2.17. The number of pyridine rings is 1. The maximum Gasteiger partial charge on any atom is 0.263 e. The van der Waals surface area contributed by atoms with Gasteiger partial charge in [-0.3, -0.25) is 14.9 Å². The minimum absolute atomic E-state index is 0.000595. The third kappa shape index (κ3) is 7.74. The molecular weight excluding hydrogens is 576 g/mol. The van der Waals surface area contributed by atoms with Crippen LogP contribution in [0, 0.1) is 0 Å². The third-order valence-corrected chi connectivity index (χ3v) is 7.36. The van der Waals surface area contributed by atoms with E-state index in [1.807, 2.05) is 20.8 Å². The van der Waals surface area contributed by atoms with Gasteiger partial charge in [-0.05, 0) is 47.4 Å². The second-order valence-corrected chi connectivity index (χ2v) is 11.7. The number of hydrogen-bond donors (Lipinski definition) is 4. The van der Waals surface area contributed by atoms with Gasteiger partial charge in [0.2, 0.25) is 5.75 Å². The van der Waals surface area contributed by atoms with E-state index in [-0.39, 0.29) is 52.5 Å². The van der Waals surface area contributed by atoms with Gasteiger partial charge in [-0.15, -0.1) is 0 Å². The van der Waals surface area contributed by atoms with Gasteiger partial charge < -0.3 is 19.3 Å². The largest absolute Gasteiger partial charge is 0.493 e.